The number of amides is 2. The van der Waals surface area contributed by atoms with Gasteiger partial charge in [-0.2, -0.15) is 5.10 Å². The summed E-state index contributed by atoms with van der Waals surface area (Å²) in [6.45, 7) is 1.89. The van der Waals surface area contributed by atoms with E-state index in [0.717, 1.165) is 20.7 Å². The summed E-state index contributed by atoms with van der Waals surface area (Å²) in [6.07, 6.45) is 0.217. The largest absolute Gasteiger partial charge is 0.326 e. The van der Waals surface area contributed by atoms with E-state index in [2.05, 4.69) is 20.8 Å². The molecule has 0 aliphatic rings. The van der Waals surface area contributed by atoms with Crippen LogP contribution >= 0.6 is 22.9 Å². The van der Waals surface area contributed by atoms with E-state index in [1.54, 1.807) is 30.3 Å². The van der Waals surface area contributed by atoms with Crippen molar-refractivity contribution in [3.05, 3.63) is 75.6 Å². The lowest BCUT2D eigenvalue weighted by molar-refractivity contribution is -0.115. The summed E-state index contributed by atoms with van der Waals surface area (Å²) < 4.78 is 0. The molecule has 2 heterocycles. The SMILES string of the molecule is Cc1ccccc1C(=O)Nc1[nH]nc2sc(CC(=O)Nc3ccc(Cl)cc3)cc12. The van der Waals surface area contributed by atoms with Gasteiger partial charge < -0.3 is 10.6 Å². The Kier molecular flexibility index (Phi) is 5.33. The fourth-order valence-corrected chi connectivity index (χ4v) is 4.06. The first-order valence-electron chi connectivity index (χ1n) is 8.89. The number of H-pyrrole nitrogens is 1. The summed E-state index contributed by atoms with van der Waals surface area (Å²) in [5, 5.41) is 14.2. The third-order valence-electron chi connectivity index (χ3n) is 4.39. The van der Waals surface area contributed by atoms with Crippen LogP contribution < -0.4 is 10.6 Å². The third kappa shape index (κ3) is 4.31. The van der Waals surface area contributed by atoms with E-state index in [9.17, 15) is 9.59 Å². The molecular weight excluding hydrogens is 408 g/mol. The molecule has 2 aromatic heterocycles. The number of nitrogens with zero attached hydrogens (tertiary/aromatic N) is 1. The number of benzene rings is 2. The van der Waals surface area contributed by atoms with Gasteiger partial charge >= 0.3 is 0 Å². The van der Waals surface area contributed by atoms with Gasteiger partial charge in [0.05, 0.1) is 11.8 Å². The predicted molar refractivity (Wildman–Crippen MR) is 117 cm³/mol. The number of hydrogen-bond acceptors (Lipinski definition) is 4. The molecule has 4 aromatic rings. The average Bonchev–Trinajstić information content (AvgIpc) is 3.25. The number of rotatable bonds is 5. The maximum absolute atomic E-state index is 12.6. The lowest BCUT2D eigenvalue weighted by atomic mass is 10.1. The second-order valence-corrected chi connectivity index (χ2v) is 8.08. The van der Waals surface area contributed by atoms with Crippen molar-refractivity contribution >= 4 is 56.5 Å². The molecule has 0 saturated heterocycles. The van der Waals surface area contributed by atoms with Crippen molar-refractivity contribution in [1.29, 1.82) is 0 Å². The fraction of sp³-hybridized carbons (Fsp3) is 0.0952. The Morgan fingerprint density at radius 1 is 1.10 bits per heavy atom. The first-order valence-corrected chi connectivity index (χ1v) is 10.1. The van der Waals surface area contributed by atoms with E-state index < -0.39 is 0 Å². The highest BCUT2D eigenvalue weighted by Crippen LogP contribution is 2.30. The zero-order valence-electron chi connectivity index (χ0n) is 15.5. The van der Waals surface area contributed by atoms with Gasteiger partial charge in [-0.05, 0) is 48.9 Å². The molecular formula is C21H17ClN4O2S. The van der Waals surface area contributed by atoms with Crippen molar-refractivity contribution < 1.29 is 9.59 Å². The van der Waals surface area contributed by atoms with E-state index in [1.165, 1.54) is 11.3 Å². The minimum atomic E-state index is -0.207. The Bertz CT molecular complexity index is 1200. The van der Waals surface area contributed by atoms with Gasteiger partial charge in [-0.3, -0.25) is 14.7 Å². The summed E-state index contributed by atoms with van der Waals surface area (Å²) in [4.78, 5) is 26.5. The quantitative estimate of drug-likeness (QED) is 0.420. The van der Waals surface area contributed by atoms with E-state index >= 15 is 0 Å². The third-order valence-corrected chi connectivity index (χ3v) is 5.67. The number of carbonyl (C=O) groups is 2. The Hall–Kier alpha value is -3.16. The summed E-state index contributed by atoms with van der Waals surface area (Å²) in [5.41, 5.74) is 2.19. The van der Waals surface area contributed by atoms with Gasteiger partial charge in [-0.1, -0.05) is 29.8 Å². The van der Waals surface area contributed by atoms with Crippen LogP contribution in [0.25, 0.3) is 10.2 Å². The lowest BCUT2D eigenvalue weighted by Gasteiger charge is -2.05. The minimum Gasteiger partial charge on any atom is -0.326 e. The molecule has 0 fully saturated rings. The van der Waals surface area contributed by atoms with E-state index in [0.29, 0.717) is 22.1 Å². The number of nitrogens with one attached hydrogen (secondary N) is 3. The number of anilines is 2. The average molecular weight is 425 g/mol. The number of aromatic nitrogens is 2. The van der Waals surface area contributed by atoms with E-state index in [1.807, 2.05) is 31.2 Å². The molecule has 0 radical (unpaired) electrons. The molecule has 6 nitrogen and oxygen atoms in total. The van der Waals surface area contributed by atoms with Crippen molar-refractivity contribution in [2.75, 3.05) is 10.6 Å². The number of halogens is 1. The number of thiophene rings is 1. The van der Waals surface area contributed by atoms with Crippen LogP contribution in [0.4, 0.5) is 11.5 Å². The van der Waals surface area contributed by atoms with Crippen molar-refractivity contribution in [2.24, 2.45) is 0 Å². The summed E-state index contributed by atoms with van der Waals surface area (Å²) >= 11 is 7.27. The molecule has 0 bridgehead atoms. The molecule has 0 aliphatic carbocycles. The van der Waals surface area contributed by atoms with Gasteiger partial charge in [0, 0.05) is 21.2 Å². The molecule has 2 amide bonds. The molecule has 29 heavy (non-hydrogen) atoms. The fourth-order valence-electron chi connectivity index (χ4n) is 2.95. The second-order valence-electron chi connectivity index (χ2n) is 6.53. The maximum atomic E-state index is 12.6. The smallest absolute Gasteiger partial charge is 0.257 e. The molecule has 0 spiro atoms. The summed E-state index contributed by atoms with van der Waals surface area (Å²) in [5.74, 6) is 0.182. The monoisotopic (exact) mass is 424 g/mol. The number of fused-ring (bicyclic) bond motifs is 1. The lowest BCUT2D eigenvalue weighted by Crippen LogP contribution is -2.14. The van der Waals surface area contributed by atoms with Crippen LogP contribution in [0.2, 0.25) is 5.02 Å². The first kappa shape index (κ1) is 19.2. The standard InChI is InChI=1S/C21H17ClN4O2S/c1-12-4-2-3-5-16(12)20(28)24-19-17-10-15(29-21(17)26-25-19)11-18(27)23-14-8-6-13(22)7-9-14/h2-10H,11H2,1H3,(H,23,27)(H2,24,25,26,28). The first-order chi connectivity index (χ1) is 14.0. The molecule has 8 heteroatoms. The molecule has 0 unspecified atom stereocenters. The Morgan fingerprint density at radius 2 is 1.86 bits per heavy atom. The normalized spacial score (nSPS) is 10.8. The summed E-state index contributed by atoms with van der Waals surface area (Å²) in [7, 11) is 0. The molecule has 0 saturated carbocycles. The van der Waals surface area contributed by atoms with Gasteiger partial charge in [0.1, 0.15) is 10.6 Å². The van der Waals surface area contributed by atoms with Gasteiger partial charge in [-0.25, -0.2) is 0 Å². The highest BCUT2D eigenvalue weighted by molar-refractivity contribution is 7.18. The van der Waals surface area contributed by atoms with Crippen LogP contribution in [0.15, 0.2) is 54.6 Å². The topological polar surface area (TPSA) is 86.9 Å². The van der Waals surface area contributed by atoms with Crippen LogP contribution in [0.5, 0.6) is 0 Å². The number of aryl methyl sites for hydroxylation is 1. The number of carbonyl (C=O) groups excluding carboxylic acids is 2. The second kappa shape index (κ2) is 8.06. The highest BCUT2D eigenvalue weighted by Gasteiger charge is 2.16. The minimum absolute atomic E-state index is 0.134. The number of aromatic amines is 1. The van der Waals surface area contributed by atoms with E-state index in [4.69, 9.17) is 11.6 Å². The van der Waals surface area contributed by atoms with Gasteiger partial charge in [0.25, 0.3) is 5.91 Å². The van der Waals surface area contributed by atoms with Crippen LogP contribution in [-0.2, 0) is 11.2 Å². The van der Waals surface area contributed by atoms with Crippen molar-refractivity contribution in [3.8, 4) is 0 Å². The molecule has 4 rings (SSSR count). The van der Waals surface area contributed by atoms with Crippen molar-refractivity contribution in [1.82, 2.24) is 10.2 Å². The van der Waals surface area contributed by atoms with E-state index in [-0.39, 0.29) is 18.2 Å². The predicted octanol–water partition coefficient (Wildman–Crippen LogP) is 5.02. The maximum Gasteiger partial charge on any atom is 0.257 e. The molecule has 0 atom stereocenters. The van der Waals surface area contributed by atoms with Crippen molar-refractivity contribution in [3.63, 3.8) is 0 Å². The molecule has 2 aromatic carbocycles. The van der Waals surface area contributed by atoms with Gasteiger partial charge in [0.15, 0.2) is 0 Å². The zero-order valence-corrected chi connectivity index (χ0v) is 17.0. The van der Waals surface area contributed by atoms with Gasteiger partial charge in [-0.15, -0.1) is 11.3 Å². The Morgan fingerprint density at radius 3 is 2.62 bits per heavy atom. The van der Waals surface area contributed by atoms with Crippen LogP contribution in [0.1, 0.15) is 20.8 Å². The van der Waals surface area contributed by atoms with Crippen LogP contribution in [0, 0.1) is 6.92 Å². The van der Waals surface area contributed by atoms with Crippen LogP contribution in [-0.4, -0.2) is 22.0 Å². The molecule has 146 valence electrons. The highest BCUT2D eigenvalue weighted by atomic mass is 35.5. The molecule has 3 N–H and O–H groups in total. The molecule has 0 aliphatic heterocycles. The Balaban J connectivity index is 1.47. The zero-order chi connectivity index (χ0) is 20.4. The van der Waals surface area contributed by atoms with Gasteiger partial charge in [0.2, 0.25) is 5.91 Å². The van der Waals surface area contributed by atoms with Crippen LogP contribution in [0.3, 0.4) is 0 Å². The summed E-state index contributed by atoms with van der Waals surface area (Å²) in [6, 6.07) is 16.2. The number of hydrogen-bond donors (Lipinski definition) is 3. The Labute approximate surface area is 175 Å². The van der Waals surface area contributed by atoms with Crippen molar-refractivity contribution in [2.45, 2.75) is 13.3 Å².